The summed E-state index contributed by atoms with van der Waals surface area (Å²) in [7, 11) is 3.60. The van der Waals surface area contributed by atoms with Gasteiger partial charge < -0.3 is 9.64 Å². The van der Waals surface area contributed by atoms with Crippen LogP contribution in [0.15, 0.2) is 0 Å². The molecule has 1 unspecified atom stereocenters. The number of hydrogen-bond donors (Lipinski definition) is 0. The lowest BCUT2D eigenvalue weighted by Crippen LogP contribution is -2.37. The van der Waals surface area contributed by atoms with Crippen LogP contribution in [0.25, 0.3) is 0 Å². The van der Waals surface area contributed by atoms with Crippen molar-refractivity contribution in [2.24, 2.45) is 5.92 Å². The molecule has 0 N–H and O–H groups in total. The molecule has 1 rings (SSSR count). The van der Waals surface area contributed by atoms with Crippen LogP contribution < -0.4 is 0 Å². The van der Waals surface area contributed by atoms with E-state index in [0.29, 0.717) is 6.04 Å². The predicted molar refractivity (Wildman–Crippen MR) is 65.3 cm³/mol. The van der Waals surface area contributed by atoms with Gasteiger partial charge in [0, 0.05) is 12.6 Å². The molecule has 1 atom stereocenters. The third kappa shape index (κ3) is 4.12. The Balaban J connectivity index is 2.37. The maximum absolute atomic E-state index is 11.3. The summed E-state index contributed by atoms with van der Waals surface area (Å²) in [5.74, 6) is -0.112. The van der Waals surface area contributed by atoms with E-state index in [1.165, 1.54) is 45.6 Å². The minimum Gasteiger partial charge on any atom is -0.469 e. The first kappa shape index (κ1) is 13.5. The first-order valence-electron chi connectivity index (χ1n) is 6.43. The third-order valence-corrected chi connectivity index (χ3v) is 3.61. The average Bonchev–Trinajstić information content (AvgIpc) is 2.56. The van der Waals surface area contributed by atoms with Gasteiger partial charge >= 0.3 is 5.97 Å². The Morgan fingerprint density at radius 2 is 1.88 bits per heavy atom. The first-order valence-corrected chi connectivity index (χ1v) is 6.43. The van der Waals surface area contributed by atoms with Crippen LogP contribution in [0.2, 0.25) is 0 Å². The molecule has 0 heterocycles. The summed E-state index contributed by atoms with van der Waals surface area (Å²) in [6.07, 6.45) is 7.98. The molecule has 0 aromatic heterocycles. The monoisotopic (exact) mass is 227 g/mol. The molecule has 0 aliphatic heterocycles. The van der Waals surface area contributed by atoms with Crippen LogP contribution in [-0.4, -0.2) is 37.6 Å². The molecule has 16 heavy (non-hydrogen) atoms. The second-order valence-electron chi connectivity index (χ2n) is 5.01. The zero-order valence-corrected chi connectivity index (χ0v) is 10.9. The molecular weight excluding hydrogens is 202 g/mol. The summed E-state index contributed by atoms with van der Waals surface area (Å²) in [5.41, 5.74) is 0. The maximum Gasteiger partial charge on any atom is 0.309 e. The van der Waals surface area contributed by atoms with E-state index < -0.39 is 0 Å². The number of ether oxygens (including phenoxy) is 1. The van der Waals surface area contributed by atoms with E-state index in [1.54, 1.807) is 0 Å². The van der Waals surface area contributed by atoms with Gasteiger partial charge in [-0.3, -0.25) is 4.79 Å². The highest BCUT2D eigenvalue weighted by Crippen LogP contribution is 2.21. The van der Waals surface area contributed by atoms with Gasteiger partial charge in [-0.2, -0.15) is 0 Å². The Hall–Kier alpha value is -0.570. The molecule has 0 bridgehead atoms. The Kier molecular flexibility index (Phi) is 5.81. The van der Waals surface area contributed by atoms with Crippen molar-refractivity contribution in [1.82, 2.24) is 4.90 Å². The zero-order chi connectivity index (χ0) is 12.0. The second-order valence-corrected chi connectivity index (χ2v) is 5.01. The molecule has 1 saturated carbocycles. The fourth-order valence-electron chi connectivity index (χ4n) is 2.56. The Morgan fingerprint density at radius 3 is 2.38 bits per heavy atom. The molecule has 3 heteroatoms. The van der Waals surface area contributed by atoms with E-state index in [9.17, 15) is 4.79 Å². The minimum atomic E-state index is -0.0968. The maximum atomic E-state index is 11.3. The molecule has 0 spiro atoms. The first-order chi connectivity index (χ1) is 7.65. The molecule has 94 valence electrons. The van der Waals surface area contributed by atoms with Crippen LogP contribution in [-0.2, 0) is 9.53 Å². The lowest BCUT2D eigenvalue weighted by atomic mass is 10.1. The molecule has 3 nitrogen and oxygen atoms in total. The van der Waals surface area contributed by atoms with Crippen molar-refractivity contribution < 1.29 is 9.53 Å². The number of hydrogen-bond acceptors (Lipinski definition) is 3. The number of methoxy groups -OCH3 is 1. The standard InChI is InChI=1S/C13H25NO2/c1-11(13(15)16-3)10-14(2)12-8-6-4-5-7-9-12/h11-12H,4-10H2,1-3H3. The van der Waals surface area contributed by atoms with Gasteiger partial charge in [0.25, 0.3) is 0 Å². The zero-order valence-electron chi connectivity index (χ0n) is 10.9. The summed E-state index contributed by atoms with van der Waals surface area (Å²) >= 11 is 0. The van der Waals surface area contributed by atoms with Crippen molar-refractivity contribution in [2.45, 2.75) is 51.5 Å². The van der Waals surface area contributed by atoms with Crippen molar-refractivity contribution in [3.8, 4) is 0 Å². The molecule has 0 amide bonds. The van der Waals surface area contributed by atoms with Crippen molar-refractivity contribution in [3.05, 3.63) is 0 Å². The number of nitrogens with zero attached hydrogens (tertiary/aromatic N) is 1. The van der Waals surface area contributed by atoms with Gasteiger partial charge in [-0.25, -0.2) is 0 Å². The van der Waals surface area contributed by atoms with E-state index in [0.717, 1.165) is 6.54 Å². The quantitative estimate of drug-likeness (QED) is 0.546. The highest BCUT2D eigenvalue weighted by molar-refractivity contribution is 5.72. The third-order valence-electron chi connectivity index (χ3n) is 3.61. The fourth-order valence-corrected chi connectivity index (χ4v) is 2.56. The van der Waals surface area contributed by atoms with Crippen molar-refractivity contribution in [3.63, 3.8) is 0 Å². The van der Waals surface area contributed by atoms with Crippen LogP contribution in [0, 0.1) is 5.92 Å². The molecule has 0 aromatic carbocycles. The number of carbonyl (C=O) groups excluding carboxylic acids is 1. The molecule has 0 saturated heterocycles. The lowest BCUT2D eigenvalue weighted by molar-refractivity contribution is -0.145. The van der Waals surface area contributed by atoms with Gasteiger partial charge in [0.2, 0.25) is 0 Å². The van der Waals surface area contributed by atoms with E-state index in [-0.39, 0.29) is 11.9 Å². The van der Waals surface area contributed by atoms with Crippen molar-refractivity contribution in [2.75, 3.05) is 20.7 Å². The van der Waals surface area contributed by atoms with Gasteiger partial charge in [0.15, 0.2) is 0 Å². The summed E-state index contributed by atoms with van der Waals surface area (Å²) in [6, 6.07) is 0.662. The Labute approximate surface area is 99.1 Å². The molecule has 1 aliphatic rings. The molecule has 1 aliphatic carbocycles. The topological polar surface area (TPSA) is 29.5 Å². The Morgan fingerprint density at radius 1 is 1.31 bits per heavy atom. The normalized spacial score (nSPS) is 20.5. The van der Waals surface area contributed by atoms with Crippen LogP contribution in [0.1, 0.15) is 45.4 Å². The van der Waals surface area contributed by atoms with E-state index in [4.69, 9.17) is 4.74 Å². The molecule has 1 fully saturated rings. The summed E-state index contributed by atoms with van der Waals surface area (Å²) in [4.78, 5) is 13.7. The molecular formula is C13H25NO2. The van der Waals surface area contributed by atoms with Gasteiger partial charge in [-0.1, -0.05) is 32.6 Å². The van der Waals surface area contributed by atoms with Crippen molar-refractivity contribution in [1.29, 1.82) is 0 Å². The summed E-state index contributed by atoms with van der Waals surface area (Å²) < 4.78 is 4.76. The average molecular weight is 227 g/mol. The second kappa shape index (κ2) is 6.89. The Bertz CT molecular complexity index is 210. The smallest absolute Gasteiger partial charge is 0.309 e. The largest absolute Gasteiger partial charge is 0.469 e. The van der Waals surface area contributed by atoms with Gasteiger partial charge in [-0.05, 0) is 19.9 Å². The van der Waals surface area contributed by atoms with Crippen LogP contribution in [0.4, 0.5) is 0 Å². The van der Waals surface area contributed by atoms with E-state index >= 15 is 0 Å². The van der Waals surface area contributed by atoms with Gasteiger partial charge in [0.05, 0.1) is 13.0 Å². The highest BCUT2D eigenvalue weighted by Gasteiger charge is 2.21. The van der Waals surface area contributed by atoms with E-state index in [1.807, 2.05) is 6.92 Å². The summed E-state index contributed by atoms with van der Waals surface area (Å²) in [5, 5.41) is 0. The number of rotatable bonds is 4. The van der Waals surface area contributed by atoms with Crippen LogP contribution in [0.3, 0.4) is 0 Å². The molecule has 0 aromatic rings. The fraction of sp³-hybridized carbons (Fsp3) is 0.923. The van der Waals surface area contributed by atoms with Gasteiger partial charge in [0.1, 0.15) is 0 Å². The highest BCUT2D eigenvalue weighted by atomic mass is 16.5. The SMILES string of the molecule is COC(=O)C(C)CN(C)C1CCCCCC1. The summed E-state index contributed by atoms with van der Waals surface area (Å²) in [6.45, 7) is 2.76. The number of esters is 1. The van der Waals surface area contributed by atoms with Crippen molar-refractivity contribution >= 4 is 5.97 Å². The minimum absolute atomic E-state index is 0.0155. The van der Waals surface area contributed by atoms with Crippen LogP contribution >= 0.6 is 0 Å². The van der Waals surface area contributed by atoms with E-state index in [2.05, 4.69) is 11.9 Å². The number of carbonyl (C=O) groups is 1. The van der Waals surface area contributed by atoms with Gasteiger partial charge in [-0.15, -0.1) is 0 Å². The van der Waals surface area contributed by atoms with Crippen LogP contribution in [0.5, 0.6) is 0 Å². The lowest BCUT2D eigenvalue weighted by Gasteiger charge is -2.28. The molecule has 0 radical (unpaired) electrons. The predicted octanol–water partition coefficient (Wildman–Crippen LogP) is 2.45.